The summed E-state index contributed by atoms with van der Waals surface area (Å²) < 4.78 is 37.7. The average molecular weight is 193 g/mol. The van der Waals surface area contributed by atoms with Crippen LogP contribution in [0.4, 0.5) is 13.2 Å². The second-order valence-electron chi connectivity index (χ2n) is 2.85. The molecule has 0 unspecified atom stereocenters. The third kappa shape index (κ3) is 1.51. The van der Waals surface area contributed by atoms with Gasteiger partial charge in [0.1, 0.15) is 6.54 Å². The zero-order chi connectivity index (χ0) is 9.47. The molecule has 1 aromatic heterocycles. The maximum Gasteiger partial charge on any atom is 0.453 e. The number of aromatic nitrogens is 3. The number of hydrogen-bond acceptors (Lipinski definition) is 2. The molecule has 0 bridgehead atoms. The summed E-state index contributed by atoms with van der Waals surface area (Å²) in [5.41, 5.74) is 0. The van der Waals surface area contributed by atoms with Crippen molar-refractivity contribution in [2.45, 2.75) is 19.3 Å². The molecule has 0 aliphatic carbocycles. The molecule has 1 aliphatic heterocycles. The van der Waals surface area contributed by atoms with Crippen molar-refractivity contribution in [2.75, 3.05) is 6.54 Å². The van der Waals surface area contributed by atoms with E-state index in [-0.39, 0.29) is 0 Å². The SMILES string of the molecule is FC(F)(F)c1nc2n(n1)CC[NH2+]C2. The Morgan fingerprint density at radius 3 is 2.77 bits per heavy atom. The van der Waals surface area contributed by atoms with E-state index in [0.29, 0.717) is 18.9 Å². The van der Waals surface area contributed by atoms with Crippen LogP contribution in [0.5, 0.6) is 0 Å². The first-order chi connectivity index (χ1) is 6.07. The molecule has 0 saturated heterocycles. The molecule has 13 heavy (non-hydrogen) atoms. The van der Waals surface area contributed by atoms with Crippen molar-refractivity contribution in [3.63, 3.8) is 0 Å². The predicted molar refractivity (Wildman–Crippen MR) is 35.5 cm³/mol. The smallest absolute Gasteiger partial charge is 0.338 e. The molecule has 2 heterocycles. The van der Waals surface area contributed by atoms with Crippen LogP contribution in [0.15, 0.2) is 0 Å². The zero-order valence-electron chi connectivity index (χ0n) is 6.67. The summed E-state index contributed by atoms with van der Waals surface area (Å²) in [6, 6.07) is 0. The zero-order valence-corrected chi connectivity index (χ0v) is 6.67. The van der Waals surface area contributed by atoms with Gasteiger partial charge in [0.05, 0.1) is 13.1 Å². The number of halogens is 3. The maximum atomic E-state index is 12.1. The first-order valence-corrected chi connectivity index (χ1v) is 3.90. The Morgan fingerprint density at radius 1 is 1.38 bits per heavy atom. The highest BCUT2D eigenvalue weighted by molar-refractivity contribution is 4.96. The highest BCUT2D eigenvalue weighted by Gasteiger charge is 2.37. The fourth-order valence-corrected chi connectivity index (χ4v) is 1.27. The predicted octanol–water partition coefficient (Wildman–Crippen LogP) is -0.626. The lowest BCUT2D eigenvalue weighted by molar-refractivity contribution is -0.678. The molecule has 2 N–H and O–H groups in total. The summed E-state index contributed by atoms with van der Waals surface area (Å²) in [5.74, 6) is -0.628. The molecule has 2 rings (SSSR count). The second-order valence-corrected chi connectivity index (χ2v) is 2.85. The third-order valence-corrected chi connectivity index (χ3v) is 1.87. The molecular weight excluding hydrogens is 185 g/mol. The topological polar surface area (TPSA) is 47.3 Å². The normalized spacial score (nSPS) is 17.2. The quantitative estimate of drug-likeness (QED) is 0.596. The van der Waals surface area contributed by atoms with Crippen molar-refractivity contribution < 1.29 is 18.5 Å². The van der Waals surface area contributed by atoms with Gasteiger partial charge in [-0.25, -0.2) is 9.67 Å². The molecule has 0 aromatic carbocycles. The van der Waals surface area contributed by atoms with Crippen molar-refractivity contribution in [1.29, 1.82) is 0 Å². The molecule has 0 atom stereocenters. The van der Waals surface area contributed by atoms with E-state index in [1.165, 1.54) is 4.68 Å². The Hall–Kier alpha value is -1.11. The van der Waals surface area contributed by atoms with E-state index in [0.717, 1.165) is 6.54 Å². The number of hydrogen-bond donors (Lipinski definition) is 1. The minimum Gasteiger partial charge on any atom is -0.338 e. The monoisotopic (exact) mass is 193 g/mol. The van der Waals surface area contributed by atoms with E-state index in [1.807, 2.05) is 5.32 Å². The van der Waals surface area contributed by atoms with Crippen LogP contribution < -0.4 is 5.32 Å². The van der Waals surface area contributed by atoms with E-state index in [4.69, 9.17) is 0 Å². The number of alkyl halides is 3. The summed E-state index contributed by atoms with van der Waals surface area (Å²) in [5, 5.41) is 5.29. The van der Waals surface area contributed by atoms with Crippen LogP contribution in [0.3, 0.4) is 0 Å². The van der Waals surface area contributed by atoms with Crippen molar-refractivity contribution in [3.8, 4) is 0 Å². The van der Waals surface area contributed by atoms with Gasteiger partial charge in [-0.05, 0) is 0 Å². The first kappa shape index (κ1) is 8.49. The Kier molecular flexibility index (Phi) is 1.76. The summed E-state index contributed by atoms with van der Waals surface area (Å²) in [4.78, 5) is 3.42. The van der Waals surface area contributed by atoms with Crippen LogP contribution >= 0.6 is 0 Å². The van der Waals surface area contributed by atoms with E-state index in [2.05, 4.69) is 10.1 Å². The minimum atomic E-state index is -4.43. The number of fused-ring (bicyclic) bond motifs is 1. The van der Waals surface area contributed by atoms with Gasteiger partial charge in [0.25, 0.3) is 5.82 Å². The Morgan fingerprint density at radius 2 is 2.15 bits per heavy atom. The molecule has 0 spiro atoms. The van der Waals surface area contributed by atoms with Crippen LogP contribution in [-0.4, -0.2) is 21.3 Å². The van der Waals surface area contributed by atoms with Gasteiger partial charge in [0.2, 0.25) is 0 Å². The molecule has 1 aliphatic rings. The molecule has 72 valence electrons. The maximum absolute atomic E-state index is 12.1. The Labute approximate surface area is 71.8 Å². The molecule has 7 heteroatoms. The molecule has 4 nitrogen and oxygen atoms in total. The summed E-state index contributed by atoms with van der Waals surface area (Å²) in [6.45, 7) is 1.73. The van der Waals surface area contributed by atoms with Gasteiger partial charge >= 0.3 is 6.18 Å². The van der Waals surface area contributed by atoms with E-state index in [1.54, 1.807) is 0 Å². The van der Waals surface area contributed by atoms with Gasteiger partial charge in [0.15, 0.2) is 5.82 Å². The minimum absolute atomic E-state index is 0.401. The van der Waals surface area contributed by atoms with E-state index in [9.17, 15) is 13.2 Å². The largest absolute Gasteiger partial charge is 0.453 e. The van der Waals surface area contributed by atoms with E-state index >= 15 is 0 Å². The lowest BCUT2D eigenvalue weighted by atomic mass is 10.4. The number of rotatable bonds is 0. The highest BCUT2D eigenvalue weighted by atomic mass is 19.4. The average Bonchev–Trinajstić information content (AvgIpc) is 2.45. The van der Waals surface area contributed by atoms with Gasteiger partial charge in [-0.1, -0.05) is 0 Å². The van der Waals surface area contributed by atoms with Gasteiger partial charge in [0, 0.05) is 0 Å². The molecular formula is C6H8F3N4+. The molecule has 0 fully saturated rings. The lowest BCUT2D eigenvalue weighted by Crippen LogP contribution is -2.85. The summed E-state index contributed by atoms with van der Waals surface area (Å²) in [7, 11) is 0. The second kappa shape index (κ2) is 2.69. The van der Waals surface area contributed by atoms with Crippen molar-refractivity contribution >= 4 is 0 Å². The third-order valence-electron chi connectivity index (χ3n) is 1.87. The Bertz CT molecular complexity index is 293. The van der Waals surface area contributed by atoms with Crippen LogP contribution in [-0.2, 0) is 19.3 Å². The molecule has 0 radical (unpaired) electrons. The Balaban J connectivity index is 2.36. The van der Waals surface area contributed by atoms with Gasteiger partial charge < -0.3 is 5.32 Å². The van der Waals surface area contributed by atoms with Gasteiger partial charge in [-0.3, -0.25) is 0 Å². The number of quaternary nitrogens is 1. The molecule has 0 saturated carbocycles. The van der Waals surface area contributed by atoms with Crippen molar-refractivity contribution in [2.24, 2.45) is 0 Å². The lowest BCUT2D eigenvalue weighted by Gasteiger charge is -2.08. The molecule has 0 amide bonds. The standard InChI is InChI=1S/C6H7F3N4/c7-6(8,9)5-11-4-3-10-1-2-13(4)12-5/h10H,1-3H2/p+1. The van der Waals surface area contributed by atoms with Crippen LogP contribution in [0, 0.1) is 0 Å². The fraction of sp³-hybridized carbons (Fsp3) is 0.667. The number of nitrogens with zero attached hydrogens (tertiary/aromatic N) is 3. The van der Waals surface area contributed by atoms with Crippen LogP contribution in [0.25, 0.3) is 0 Å². The molecule has 1 aromatic rings. The first-order valence-electron chi connectivity index (χ1n) is 3.90. The van der Waals surface area contributed by atoms with Crippen molar-refractivity contribution in [1.82, 2.24) is 14.8 Å². The van der Waals surface area contributed by atoms with Gasteiger partial charge in [-0.2, -0.15) is 13.2 Å². The highest BCUT2D eigenvalue weighted by Crippen LogP contribution is 2.26. The summed E-state index contributed by atoms with van der Waals surface area (Å²) in [6.07, 6.45) is -4.43. The fourth-order valence-electron chi connectivity index (χ4n) is 1.27. The van der Waals surface area contributed by atoms with E-state index < -0.39 is 12.0 Å². The van der Waals surface area contributed by atoms with Crippen LogP contribution in [0.2, 0.25) is 0 Å². The van der Waals surface area contributed by atoms with Crippen LogP contribution in [0.1, 0.15) is 11.6 Å². The van der Waals surface area contributed by atoms with Crippen molar-refractivity contribution in [3.05, 3.63) is 11.6 Å². The van der Waals surface area contributed by atoms with Gasteiger partial charge in [-0.15, -0.1) is 5.10 Å². The summed E-state index contributed by atoms with van der Waals surface area (Å²) >= 11 is 0. The number of nitrogens with two attached hydrogens (primary N) is 1.